The number of nitrogens with zero attached hydrogens (tertiary/aromatic N) is 6. The molecule has 8 aromatic rings. The maximum atomic E-state index is 15.3. The number of carbonyl (C=O) groups excluding carboxylic acids is 5. The summed E-state index contributed by atoms with van der Waals surface area (Å²) in [5.74, 6) is -8.90. The average molecular weight is 1580 g/mol. The molecular weight excluding hydrogens is 1500 g/mol. The molecule has 0 bridgehead atoms. The smallest absolute Gasteiger partial charge is 0.448 e. The van der Waals surface area contributed by atoms with Crippen LogP contribution < -0.4 is 31.0 Å². The van der Waals surface area contributed by atoms with Crippen molar-refractivity contribution in [3.05, 3.63) is 270 Å². The quantitative estimate of drug-likeness (QED) is 0.0124. The fourth-order valence-electron chi connectivity index (χ4n) is 14.6. The standard InChI is InChI=1S/C79H80F4N8O19P2/c80-57-31-29-55(63(82)37-57)39-84-75(94)61-43-86-45-65-88-33-13-25-59(88)41-90(65)77(96)69(86)73(71(61)92)107-67(27-15-35-101-111(99,103-47-51-17-5-1-6-18-51)104-48-52-19-7-2-8-20-52)109-79(98)110-68(28-16-36-102-112(100,105-49-53-21-9-3-10-22-53)106-50-54-23-11-4-12-24-54)108-74-70-78(97)91-42-60-26-14-34-89(60)66(91)46-87(70)44-62(72(74)93)76(95)85-40-56-30-32-58(81)38-64(56)83/h1-12,17-24,29-32,37-38,43-44,59-60,65-68H,13-16,25-28,33-36,39-42,45-50H2,(H,84,94)(H,85,95)/t59-,60-,65+,66+,67?,68?/m1/s1. The zero-order valence-electron chi connectivity index (χ0n) is 60.5. The van der Waals surface area contributed by atoms with Crippen LogP contribution in [0.2, 0.25) is 0 Å². The van der Waals surface area contributed by atoms with Crippen LogP contribution in [0.15, 0.2) is 180 Å². The van der Waals surface area contributed by atoms with E-state index < -0.39 is 166 Å². The van der Waals surface area contributed by atoms with Crippen LogP contribution in [0, 0.1) is 23.3 Å². The van der Waals surface area contributed by atoms with Gasteiger partial charge in [-0.15, -0.1) is 0 Å². The Morgan fingerprint density at radius 2 is 0.821 bits per heavy atom. The number of hydrogen-bond acceptors (Lipinski definition) is 21. The second-order valence-corrected chi connectivity index (χ2v) is 31.0. The Bertz CT molecular complexity index is 4600. The number of carbonyl (C=O) groups is 5. The molecule has 27 nitrogen and oxygen atoms in total. The van der Waals surface area contributed by atoms with Gasteiger partial charge >= 0.3 is 21.8 Å². The van der Waals surface area contributed by atoms with E-state index in [-0.39, 0.29) is 100 Å². The molecule has 4 saturated heterocycles. The molecule has 112 heavy (non-hydrogen) atoms. The highest BCUT2D eigenvalue weighted by molar-refractivity contribution is 7.48. The number of aromatic nitrogens is 2. The summed E-state index contributed by atoms with van der Waals surface area (Å²) in [6, 6.07) is 40.3. The maximum Gasteiger partial charge on any atom is 0.514 e. The van der Waals surface area contributed by atoms with Gasteiger partial charge in [-0.25, -0.2) is 31.5 Å². The van der Waals surface area contributed by atoms with E-state index >= 15 is 32.8 Å². The van der Waals surface area contributed by atoms with Crippen LogP contribution in [-0.4, -0.2) is 135 Å². The SMILES string of the molecule is O=C(OC(CCCOP(=O)(OCc1ccccc1)OCc1ccccc1)Oc1c2n(cc(C(=O)NCc3ccc(F)cc3F)c1=O)C[C@@H]1N(C[C@H]3CCCN31)C2=O)OC(CCCOP(=O)(OCc1ccccc1)OCc1ccccc1)Oc1c2n(cc(C(=O)NCc3ccc(F)cc3F)c1=O)C[C@@H]1N(C[C@H]3CCCN31)C2=O. The van der Waals surface area contributed by atoms with Crippen LogP contribution in [0.5, 0.6) is 11.5 Å². The van der Waals surface area contributed by atoms with Gasteiger partial charge in [0.2, 0.25) is 34.9 Å². The van der Waals surface area contributed by atoms with Crippen LogP contribution in [0.25, 0.3) is 0 Å². The van der Waals surface area contributed by atoms with E-state index in [4.69, 9.17) is 46.1 Å². The normalized spacial score (nSPS) is 18.4. The summed E-state index contributed by atoms with van der Waals surface area (Å²) in [5.41, 5.74) is -2.21. The van der Waals surface area contributed by atoms with Gasteiger partial charge in [0.1, 0.15) is 46.7 Å². The molecule has 4 fully saturated rings. The van der Waals surface area contributed by atoms with Crippen molar-refractivity contribution in [1.82, 2.24) is 39.4 Å². The Morgan fingerprint density at radius 3 is 1.17 bits per heavy atom. The first kappa shape index (κ1) is 78.5. The van der Waals surface area contributed by atoms with Gasteiger partial charge in [0.25, 0.3) is 23.6 Å². The summed E-state index contributed by atoms with van der Waals surface area (Å²) < 4.78 is 151. The zero-order valence-corrected chi connectivity index (χ0v) is 62.3. The predicted octanol–water partition coefficient (Wildman–Crippen LogP) is 11.9. The summed E-state index contributed by atoms with van der Waals surface area (Å²) in [7, 11) is -9.03. The molecule has 2 unspecified atom stereocenters. The number of phosphoric acid groups is 2. The largest absolute Gasteiger partial charge is 0.514 e. The summed E-state index contributed by atoms with van der Waals surface area (Å²) in [6.45, 7) is -1.22. The van der Waals surface area contributed by atoms with E-state index in [1.807, 2.05) is 0 Å². The van der Waals surface area contributed by atoms with Crippen LogP contribution in [-0.2, 0) is 98.4 Å². The van der Waals surface area contributed by atoms with Crippen molar-refractivity contribution in [3.63, 3.8) is 0 Å². The molecule has 8 heterocycles. The monoisotopic (exact) mass is 1580 g/mol. The summed E-state index contributed by atoms with van der Waals surface area (Å²) in [6.07, 6.45) is -3.04. The van der Waals surface area contributed by atoms with E-state index in [1.54, 1.807) is 131 Å². The molecule has 6 atom stereocenters. The highest BCUT2D eigenvalue weighted by atomic mass is 31.2. The maximum absolute atomic E-state index is 15.3. The molecule has 2 aromatic heterocycles. The third-order valence-electron chi connectivity index (χ3n) is 20.2. The highest BCUT2D eigenvalue weighted by Gasteiger charge is 2.51. The Kier molecular flexibility index (Phi) is 24.7. The van der Waals surface area contributed by atoms with Crippen molar-refractivity contribution in [3.8, 4) is 11.5 Å². The number of nitrogens with one attached hydrogen (secondary N) is 2. The van der Waals surface area contributed by atoms with Gasteiger partial charge in [-0.3, -0.25) is 65.7 Å². The lowest BCUT2D eigenvalue weighted by molar-refractivity contribution is -0.115. The van der Waals surface area contributed by atoms with Gasteiger partial charge in [0.15, 0.2) is 11.4 Å². The van der Waals surface area contributed by atoms with Gasteiger partial charge in [-0.2, -0.15) is 0 Å². The highest BCUT2D eigenvalue weighted by Crippen LogP contribution is 2.52. The van der Waals surface area contributed by atoms with Crippen LogP contribution in [0.4, 0.5) is 22.4 Å². The molecule has 6 aromatic carbocycles. The molecule has 588 valence electrons. The molecule has 6 aliphatic heterocycles. The lowest BCUT2D eigenvalue weighted by Crippen LogP contribution is -2.51. The lowest BCUT2D eigenvalue weighted by Gasteiger charge is -2.36. The fraction of sp³-hybridized carbons (Fsp3) is 0.354. The van der Waals surface area contributed by atoms with E-state index in [0.29, 0.717) is 47.5 Å². The van der Waals surface area contributed by atoms with Crippen molar-refractivity contribution in [2.75, 3.05) is 39.4 Å². The number of amides is 4. The third-order valence-corrected chi connectivity index (χ3v) is 23.0. The van der Waals surface area contributed by atoms with E-state index in [1.165, 1.54) is 21.5 Å². The molecule has 4 amide bonds. The average Bonchev–Trinajstić information content (AvgIpc) is 1.54. The van der Waals surface area contributed by atoms with E-state index in [2.05, 4.69) is 20.4 Å². The molecule has 14 rings (SSSR count). The molecule has 2 N–H and O–H groups in total. The number of phosphoric ester groups is 2. The molecular formula is C79H80F4N8O19P2. The molecule has 0 saturated carbocycles. The number of halogens is 4. The number of pyridine rings is 2. The number of hydrogen-bond donors (Lipinski definition) is 2. The Hall–Kier alpha value is -10.2. The molecule has 33 heteroatoms. The van der Waals surface area contributed by atoms with E-state index in [0.717, 1.165) is 49.9 Å². The summed E-state index contributed by atoms with van der Waals surface area (Å²) in [4.78, 5) is 112. The molecule has 0 spiro atoms. The summed E-state index contributed by atoms with van der Waals surface area (Å²) >= 11 is 0. The first-order chi connectivity index (χ1) is 54.2. The van der Waals surface area contributed by atoms with Crippen molar-refractivity contribution >= 4 is 45.4 Å². The van der Waals surface area contributed by atoms with Crippen molar-refractivity contribution in [1.29, 1.82) is 0 Å². The van der Waals surface area contributed by atoms with Crippen molar-refractivity contribution < 1.29 is 96.8 Å². The Morgan fingerprint density at radius 1 is 0.464 bits per heavy atom. The van der Waals surface area contributed by atoms with Crippen molar-refractivity contribution in [2.24, 2.45) is 0 Å². The number of fused-ring (bicyclic) bond motifs is 8. The number of benzene rings is 6. The van der Waals surface area contributed by atoms with Crippen LogP contribution >= 0.6 is 15.6 Å². The van der Waals surface area contributed by atoms with Gasteiger partial charge in [-0.05, 0) is 72.9 Å². The topological polar surface area (TPSA) is 293 Å². The number of rotatable bonds is 34. The second-order valence-electron chi connectivity index (χ2n) is 27.6. The Labute approximate surface area is 640 Å². The summed E-state index contributed by atoms with van der Waals surface area (Å²) in [5, 5.41) is 5.00. The third kappa shape index (κ3) is 18.5. The minimum Gasteiger partial charge on any atom is -0.448 e. The van der Waals surface area contributed by atoms with Gasteiger partial charge in [0, 0.05) is 99.8 Å². The van der Waals surface area contributed by atoms with E-state index in [9.17, 15) is 27.5 Å². The fourth-order valence-corrected chi connectivity index (χ4v) is 17.0. The van der Waals surface area contributed by atoms with Gasteiger partial charge in [0.05, 0.1) is 52.7 Å². The Balaban J connectivity index is 0.808. The molecule has 0 radical (unpaired) electrons. The van der Waals surface area contributed by atoms with Gasteiger partial charge in [-0.1, -0.05) is 133 Å². The lowest BCUT2D eigenvalue weighted by atomic mass is 10.1. The molecule has 6 aliphatic rings. The first-order valence-corrected chi connectivity index (χ1v) is 39.7. The predicted molar refractivity (Wildman–Crippen MR) is 392 cm³/mol. The van der Waals surface area contributed by atoms with Crippen molar-refractivity contribution in [2.45, 2.75) is 141 Å². The number of ether oxygens (including phenoxy) is 4. The van der Waals surface area contributed by atoms with Crippen LogP contribution in [0.3, 0.4) is 0 Å². The molecule has 0 aliphatic carbocycles. The van der Waals surface area contributed by atoms with Gasteiger partial charge < -0.3 is 48.5 Å². The van der Waals surface area contributed by atoms with Crippen LogP contribution in [0.1, 0.15) is 126 Å². The minimum absolute atomic E-state index is 0.000658. The zero-order chi connectivity index (χ0) is 78.0. The first-order valence-electron chi connectivity index (χ1n) is 36.8. The minimum atomic E-state index is -4.52. The second kappa shape index (κ2) is 35.3.